The maximum Gasteiger partial charge on any atom is 0.220 e. The lowest BCUT2D eigenvalue weighted by atomic mass is 9.99. The molecule has 0 bridgehead atoms. The van der Waals surface area contributed by atoms with Crippen LogP contribution in [-0.2, 0) is 14.3 Å². The molecule has 1 heterocycles. The third-order valence-corrected chi connectivity index (χ3v) is 13.6. The monoisotopic (exact) mass is 972 g/mol. The number of hydrogen-bond donors (Lipinski definition) is 6. The molecular weight excluding hydrogens is 863 g/mol. The lowest BCUT2D eigenvalue weighted by Gasteiger charge is -2.40. The second kappa shape index (κ2) is 49.5. The molecular formula is C60H109NO8. The highest BCUT2D eigenvalue weighted by Gasteiger charge is 2.44. The van der Waals surface area contributed by atoms with E-state index >= 15 is 0 Å². The number of unbranched alkanes of at least 4 members (excludes halogenated alkanes) is 29. The predicted octanol–water partition coefficient (Wildman–Crippen LogP) is 14.3. The van der Waals surface area contributed by atoms with Gasteiger partial charge in [-0.15, -0.1) is 0 Å². The van der Waals surface area contributed by atoms with Crippen LogP contribution < -0.4 is 5.32 Å². The first-order valence-electron chi connectivity index (χ1n) is 29.0. The number of ether oxygens (including phenoxy) is 2. The van der Waals surface area contributed by atoms with E-state index in [0.29, 0.717) is 12.8 Å². The van der Waals surface area contributed by atoms with E-state index in [4.69, 9.17) is 9.47 Å². The average molecular weight is 973 g/mol. The number of allylic oxidation sites excluding steroid dienone is 10. The van der Waals surface area contributed by atoms with Gasteiger partial charge in [0, 0.05) is 6.42 Å². The highest BCUT2D eigenvalue weighted by atomic mass is 16.7. The fourth-order valence-electron chi connectivity index (χ4n) is 9.07. The Morgan fingerprint density at radius 3 is 1.33 bits per heavy atom. The molecule has 0 spiro atoms. The number of carbonyl (C=O) groups excluding carboxylic acids is 1. The predicted molar refractivity (Wildman–Crippen MR) is 290 cm³/mol. The number of nitrogens with one attached hydrogen (secondary N) is 1. The molecule has 7 unspecified atom stereocenters. The molecule has 0 radical (unpaired) electrons. The Kier molecular flexibility index (Phi) is 46.5. The second-order valence-corrected chi connectivity index (χ2v) is 20.1. The zero-order valence-electron chi connectivity index (χ0n) is 44.6. The van der Waals surface area contributed by atoms with Gasteiger partial charge in [-0.3, -0.25) is 4.79 Å². The average Bonchev–Trinajstić information content (AvgIpc) is 3.35. The van der Waals surface area contributed by atoms with Gasteiger partial charge in [-0.1, -0.05) is 254 Å². The normalized spacial score (nSPS) is 19.9. The van der Waals surface area contributed by atoms with Crippen molar-refractivity contribution >= 4 is 5.91 Å². The van der Waals surface area contributed by atoms with E-state index in [2.05, 4.69) is 79.9 Å². The third kappa shape index (κ3) is 39.1. The minimum atomic E-state index is -1.55. The summed E-state index contributed by atoms with van der Waals surface area (Å²) in [5, 5.41) is 54.6. The summed E-state index contributed by atoms with van der Waals surface area (Å²) in [6, 6.07) is -0.720. The minimum Gasteiger partial charge on any atom is -0.394 e. The summed E-state index contributed by atoms with van der Waals surface area (Å²) < 4.78 is 11.3. The van der Waals surface area contributed by atoms with Crippen LogP contribution in [0.5, 0.6) is 0 Å². The van der Waals surface area contributed by atoms with Crippen molar-refractivity contribution in [3.05, 3.63) is 60.8 Å². The van der Waals surface area contributed by atoms with Gasteiger partial charge in [0.1, 0.15) is 24.4 Å². The number of hydrogen-bond acceptors (Lipinski definition) is 8. The van der Waals surface area contributed by atoms with Crippen LogP contribution in [0, 0.1) is 0 Å². The van der Waals surface area contributed by atoms with Crippen molar-refractivity contribution in [2.45, 2.75) is 301 Å². The van der Waals surface area contributed by atoms with Gasteiger partial charge in [-0.05, 0) is 57.8 Å². The van der Waals surface area contributed by atoms with Crippen molar-refractivity contribution in [2.75, 3.05) is 13.2 Å². The van der Waals surface area contributed by atoms with Gasteiger partial charge < -0.3 is 40.3 Å². The van der Waals surface area contributed by atoms with E-state index in [0.717, 1.165) is 70.6 Å². The number of amides is 1. The smallest absolute Gasteiger partial charge is 0.220 e. The summed E-state index contributed by atoms with van der Waals surface area (Å²) in [5.41, 5.74) is 0. The van der Waals surface area contributed by atoms with E-state index in [1.165, 1.54) is 161 Å². The summed E-state index contributed by atoms with van der Waals surface area (Å²) in [7, 11) is 0. The molecule has 0 aliphatic carbocycles. The summed E-state index contributed by atoms with van der Waals surface area (Å²) in [4.78, 5) is 13.1. The Hall–Kier alpha value is -2.11. The SMILES string of the molecule is CC/C=C\C/C=C\C/C=C\C/C=C\C/C=C\CCCCCCCCCCCCCCCCCC(=O)NC(COC1OC(CO)C(O)C(O)C1O)C(O)CCCCCCCCCCCCCCCCC. The molecule has 9 heteroatoms. The first-order valence-corrected chi connectivity index (χ1v) is 29.0. The van der Waals surface area contributed by atoms with Gasteiger partial charge >= 0.3 is 0 Å². The molecule has 402 valence electrons. The third-order valence-electron chi connectivity index (χ3n) is 13.6. The molecule has 6 N–H and O–H groups in total. The first-order chi connectivity index (χ1) is 33.8. The van der Waals surface area contributed by atoms with Gasteiger partial charge in [0.15, 0.2) is 6.29 Å². The molecule has 0 saturated carbocycles. The zero-order valence-corrected chi connectivity index (χ0v) is 44.6. The van der Waals surface area contributed by atoms with Crippen LogP contribution in [0.2, 0.25) is 0 Å². The van der Waals surface area contributed by atoms with E-state index < -0.39 is 49.5 Å². The Bertz CT molecular complexity index is 1270. The molecule has 1 rings (SSSR count). The Labute approximate surface area is 424 Å². The number of aliphatic hydroxyl groups is 5. The Morgan fingerprint density at radius 1 is 0.507 bits per heavy atom. The van der Waals surface area contributed by atoms with Crippen LogP contribution in [0.1, 0.15) is 258 Å². The van der Waals surface area contributed by atoms with Crippen molar-refractivity contribution in [1.82, 2.24) is 5.32 Å². The molecule has 1 fully saturated rings. The van der Waals surface area contributed by atoms with Gasteiger partial charge in [-0.25, -0.2) is 0 Å². The van der Waals surface area contributed by atoms with Crippen LogP contribution in [0.15, 0.2) is 60.8 Å². The van der Waals surface area contributed by atoms with E-state index in [-0.39, 0.29) is 12.5 Å². The summed E-state index contributed by atoms with van der Waals surface area (Å²) in [6.07, 6.45) is 59.6. The fourth-order valence-corrected chi connectivity index (χ4v) is 9.07. The van der Waals surface area contributed by atoms with Crippen molar-refractivity contribution in [2.24, 2.45) is 0 Å². The minimum absolute atomic E-state index is 0.138. The molecule has 1 aliphatic rings. The van der Waals surface area contributed by atoms with Crippen molar-refractivity contribution in [1.29, 1.82) is 0 Å². The van der Waals surface area contributed by atoms with Gasteiger partial charge in [0.05, 0.1) is 25.4 Å². The molecule has 1 amide bonds. The topological polar surface area (TPSA) is 149 Å². The Balaban J connectivity index is 2.15. The molecule has 1 aliphatic heterocycles. The molecule has 0 aromatic heterocycles. The lowest BCUT2D eigenvalue weighted by molar-refractivity contribution is -0.302. The number of rotatable bonds is 49. The van der Waals surface area contributed by atoms with Crippen LogP contribution in [0.25, 0.3) is 0 Å². The van der Waals surface area contributed by atoms with Crippen LogP contribution in [-0.4, -0.2) is 87.5 Å². The zero-order chi connectivity index (χ0) is 50.1. The largest absolute Gasteiger partial charge is 0.394 e. The van der Waals surface area contributed by atoms with Gasteiger partial charge in [0.2, 0.25) is 5.91 Å². The summed E-state index contributed by atoms with van der Waals surface area (Å²) >= 11 is 0. The maximum atomic E-state index is 13.1. The van der Waals surface area contributed by atoms with E-state index in [9.17, 15) is 30.3 Å². The van der Waals surface area contributed by atoms with Crippen LogP contribution in [0.4, 0.5) is 0 Å². The Morgan fingerprint density at radius 2 is 0.899 bits per heavy atom. The van der Waals surface area contributed by atoms with E-state index in [1.807, 2.05) is 0 Å². The van der Waals surface area contributed by atoms with Crippen LogP contribution >= 0.6 is 0 Å². The van der Waals surface area contributed by atoms with Gasteiger partial charge in [0.25, 0.3) is 0 Å². The molecule has 1 saturated heterocycles. The fraction of sp³-hybridized carbons (Fsp3) is 0.817. The summed E-state index contributed by atoms with van der Waals surface area (Å²) in [6.45, 7) is 3.74. The quantitative estimate of drug-likeness (QED) is 0.0261. The second-order valence-electron chi connectivity index (χ2n) is 20.1. The standard InChI is InChI=1S/C60H109NO8/c1-3-5-7-9-11-13-15-17-19-20-21-22-23-24-25-26-27-28-29-30-31-32-33-34-36-38-40-42-44-46-48-50-56(64)61-53(52-68-60-59(67)58(66)57(65)55(51-62)69-60)54(63)49-47-45-43-41-39-37-35-18-16-14-12-10-8-6-4-2/h5,7,11,13,17,19,21-22,24-25,53-55,57-60,62-63,65-67H,3-4,6,8-10,12,14-16,18,20,23,26-52H2,1-2H3,(H,61,64)/b7-5-,13-11-,19-17-,22-21-,25-24-. The molecule has 0 aromatic rings. The highest BCUT2D eigenvalue weighted by molar-refractivity contribution is 5.76. The molecule has 0 aromatic carbocycles. The molecule has 7 atom stereocenters. The first kappa shape index (κ1) is 64.9. The van der Waals surface area contributed by atoms with Crippen molar-refractivity contribution in [3.8, 4) is 0 Å². The van der Waals surface area contributed by atoms with Crippen molar-refractivity contribution in [3.63, 3.8) is 0 Å². The number of aliphatic hydroxyl groups excluding tert-OH is 5. The van der Waals surface area contributed by atoms with Gasteiger partial charge in [-0.2, -0.15) is 0 Å². The molecule has 69 heavy (non-hydrogen) atoms. The van der Waals surface area contributed by atoms with Crippen molar-refractivity contribution < 1.29 is 39.8 Å². The van der Waals surface area contributed by atoms with Crippen LogP contribution in [0.3, 0.4) is 0 Å². The molecule has 9 nitrogen and oxygen atoms in total. The van der Waals surface area contributed by atoms with E-state index in [1.54, 1.807) is 0 Å². The maximum absolute atomic E-state index is 13.1. The lowest BCUT2D eigenvalue weighted by Crippen LogP contribution is -2.60. The summed E-state index contributed by atoms with van der Waals surface area (Å²) in [5.74, 6) is -0.144. The number of carbonyl (C=O) groups is 1. The highest BCUT2D eigenvalue weighted by Crippen LogP contribution is 2.23.